The first-order valence-electron chi connectivity index (χ1n) is 16.4. The molecule has 5 aromatic rings. The van der Waals surface area contributed by atoms with Crippen molar-refractivity contribution in [1.29, 1.82) is 0 Å². The number of nitrogens with zero attached hydrogens (tertiary/aromatic N) is 1. The van der Waals surface area contributed by atoms with Gasteiger partial charge in [0.1, 0.15) is 0 Å². The lowest BCUT2D eigenvalue weighted by Gasteiger charge is -2.36. The van der Waals surface area contributed by atoms with E-state index >= 15 is 0 Å². The first-order chi connectivity index (χ1) is 22.3. The summed E-state index contributed by atoms with van der Waals surface area (Å²) in [5.74, 6) is 0.939. The molecule has 1 nitrogen and oxygen atoms in total. The molecule has 216 valence electrons. The topological polar surface area (TPSA) is 4.93 Å². The van der Waals surface area contributed by atoms with Crippen molar-refractivity contribution >= 4 is 33.7 Å². The van der Waals surface area contributed by atoms with Crippen LogP contribution in [-0.2, 0) is 0 Å². The van der Waals surface area contributed by atoms with Gasteiger partial charge in [0.15, 0.2) is 0 Å². The highest BCUT2D eigenvalue weighted by Gasteiger charge is 2.37. The fraction of sp³-hybridized carbons (Fsp3) is 0.136. The molecule has 9 rings (SSSR count). The number of aromatic nitrogens is 1. The van der Waals surface area contributed by atoms with Gasteiger partial charge < -0.3 is 4.57 Å². The Bertz CT molecular complexity index is 2140. The smallest absolute Gasteiger partial charge is 0.0537 e. The third kappa shape index (κ3) is 4.37. The maximum absolute atomic E-state index is 2.59. The van der Waals surface area contributed by atoms with Crippen LogP contribution in [0, 0.1) is 11.8 Å². The summed E-state index contributed by atoms with van der Waals surface area (Å²) >= 11 is 0. The molecule has 1 heteroatoms. The Balaban J connectivity index is 1.14. The van der Waals surface area contributed by atoms with Gasteiger partial charge in [-0.15, -0.1) is 0 Å². The first-order valence-corrected chi connectivity index (χ1v) is 16.4. The van der Waals surface area contributed by atoms with Gasteiger partial charge in [-0.3, -0.25) is 0 Å². The Morgan fingerprint density at radius 1 is 0.644 bits per heavy atom. The minimum absolute atomic E-state index is 0.288. The second-order valence-corrected chi connectivity index (χ2v) is 12.7. The second kappa shape index (κ2) is 10.8. The molecule has 4 aromatic carbocycles. The van der Waals surface area contributed by atoms with Crippen molar-refractivity contribution in [1.82, 2.24) is 4.57 Å². The molecule has 0 saturated carbocycles. The maximum Gasteiger partial charge on any atom is 0.0537 e. The summed E-state index contributed by atoms with van der Waals surface area (Å²) in [5, 5.41) is 1.35. The zero-order valence-corrected chi connectivity index (χ0v) is 25.3. The van der Waals surface area contributed by atoms with Crippen molar-refractivity contribution in [2.24, 2.45) is 11.8 Å². The zero-order valence-electron chi connectivity index (χ0n) is 25.3. The molecule has 3 atom stereocenters. The average molecular weight is 578 g/mol. The van der Waals surface area contributed by atoms with Gasteiger partial charge in [-0.25, -0.2) is 0 Å². The predicted molar refractivity (Wildman–Crippen MR) is 190 cm³/mol. The third-order valence-corrected chi connectivity index (χ3v) is 10.1. The van der Waals surface area contributed by atoms with E-state index in [0.717, 1.165) is 19.3 Å². The zero-order chi connectivity index (χ0) is 29.7. The van der Waals surface area contributed by atoms with Gasteiger partial charge in [-0.1, -0.05) is 127 Å². The molecule has 0 N–H and O–H groups in total. The predicted octanol–water partition coefficient (Wildman–Crippen LogP) is 11.2. The Morgan fingerprint density at radius 2 is 1.44 bits per heavy atom. The van der Waals surface area contributed by atoms with Crippen LogP contribution in [0.25, 0.3) is 39.4 Å². The Kier molecular flexibility index (Phi) is 6.30. The van der Waals surface area contributed by atoms with E-state index in [9.17, 15) is 0 Å². The van der Waals surface area contributed by atoms with Crippen LogP contribution in [-0.4, -0.2) is 4.57 Å². The van der Waals surface area contributed by atoms with Crippen molar-refractivity contribution in [2.75, 3.05) is 0 Å². The molecule has 4 aliphatic rings. The van der Waals surface area contributed by atoms with Crippen molar-refractivity contribution < 1.29 is 0 Å². The summed E-state index contributed by atoms with van der Waals surface area (Å²) in [7, 11) is 0. The summed E-state index contributed by atoms with van der Waals surface area (Å²) < 4.78 is 2.45. The van der Waals surface area contributed by atoms with E-state index in [2.05, 4.69) is 162 Å². The molecule has 0 saturated heterocycles. The van der Waals surface area contributed by atoms with E-state index in [1.807, 2.05) is 0 Å². The summed E-state index contributed by atoms with van der Waals surface area (Å²) in [5.41, 5.74) is 14.8. The molecular weight excluding hydrogens is 542 g/mol. The number of rotatable bonds is 4. The highest BCUT2D eigenvalue weighted by atomic mass is 15.0. The van der Waals surface area contributed by atoms with Crippen LogP contribution in [0.1, 0.15) is 58.7 Å². The van der Waals surface area contributed by atoms with E-state index in [1.54, 1.807) is 0 Å². The number of para-hydroxylation sites is 2. The number of hydrogen-bond acceptors (Lipinski definition) is 0. The van der Waals surface area contributed by atoms with Crippen LogP contribution in [0.4, 0.5) is 0 Å². The summed E-state index contributed by atoms with van der Waals surface area (Å²) in [6, 6.07) is 38.1. The lowest BCUT2D eigenvalue weighted by molar-refractivity contribution is 0.658. The van der Waals surface area contributed by atoms with Crippen LogP contribution in [0.5, 0.6) is 0 Å². The van der Waals surface area contributed by atoms with Crippen molar-refractivity contribution in [2.45, 2.75) is 25.2 Å². The summed E-state index contributed by atoms with van der Waals surface area (Å²) in [6.07, 6.45) is 24.9. The molecule has 0 amide bonds. The van der Waals surface area contributed by atoms with Crippen LogP contribution in [0.2, 0.25) is 0 Å². The van der Waals surface area contributed by atoms with Gasteiger partial charge in [-0.05, 0) is 94.1 Å². The summed E-state index contributed by atoms with van der Waals surface area (Å²) in [4.78, 5) is 0. The van der Waals surface area contributed by atoms with E-state index < -0.39 is 0 Å². The van der Waals surface area contributed by atoms with Crippen molar-refractivity contribution in [3.63, 3.8) is 0 Å². The highest BCUT2D eigenvalue weighted by Crippen LogP contribution is 2.52. The van der Waals surface area contributed by atoms with Gasteiger partial charge in [-0.2, -0.15) is 0 Å². The maximum atomic E-state index is 2.59. The standard InChI is InChI=1S/C44H35N/c1-3-13-30(14-4-1)31-15-11-16-32(27-31)33-17-12-18-34(28-33)40-29-35-25-26-42-44(43(35)38-22-8-7-21-37(38)40)39-23-9-10-24-41(39)45(42)36-19-5-2-6-20-36/h2-3,5-17,19-29,34-35,43H,1,4,18H2/t34-,35?,43?/m1/s1. The second-order valence-electron chi connectivity index (χ2n) is 12.7. The SMILES string of the molecule is C1=CC(c2cccc(C3=C[C@H](C4=CC5C=Cc6c(c7ccccc7n6-c6ccccc6)C5c5ccccc54)CC=C3)c2)=CCC1. The van der Waals surface area contributed by atoms with Crippen LogP contribution in [0.15, 0.2) is 152 Å². The molecule has 1 heterocycles. The van der Waals surface area contributed by atoms with E-state index in [4.69, 9.17) is 0 Å². The fourth-order valence-electron chi connectivity index (χ4n) is 8.10. The minimum Gasteiger partial charge on any atom is -0.310 e. The van der Waals surface area contributed by atoms with Crippen molar-refractivity contribution in [3.8, 4) is 5.69 Å². The largest absolute Gasteiger partial charge is 0.310 e. The normalized spacial score (nSPS) is 21.4. The molecule has 2 unspecified atom stereocenters. The number of allylic oxidation sites excluding steroid dienone is 11. The monoisotopic (exact) mass is 577 g/mol. The molecule has 1 aromatic heterocycles. The average Bonchev–Trinajstić information content (AvgIpc) is 3.46. The Morgan fingerprint density at radius 3 is 2.33 bits per heavy atom. The van der Waals surface area contributed by atoms with Gasteiger partial charge >= 0.3 is 0 Å². The summed E-state index contributed by atoms with van der Waals surface area (Å²) in [6.45, 7) is 0. The van der Waals surface area contributed by atoms with Gasteiger partial charge in [0.2, 0.25) is 0 Å². The van der Waals surface area contributed by atoms with E-state index in [1.165, 1.54) is 66.8 Å². The first kappa shape index (κ1) is 26.3. The number of fused-ring (bicyclic) bond motifs is 7. The van der Waals surface area contributed by atoms with E-state index in [0.29, 0.717) is 11.8 Å². The minimum atomic E-state index is 0.288. The number of hydrogen-bond donors (Lipinski definition) is 0. The van der Waals surface area contributed by atoms with Gasteiger partial charge in [0.05, 0.1) is 11.2 Å². The molecule has 0 radical (unpaired) electrons. The molecular formula is C44H35N. The molecule has 0 spiro atoms. The third-order valence-electron chi connectivity index (χ3n) is 10.1. The fourth-order valence-corrected chi connectivity index (χ4v) is 8.10. The molecule has 4 aliphatic carbocycles. The Labute approximate surface area is 265 Å². The Hall–Kier alpha value is -5.14. The van der Waals surface area contributed by atoms with Gasteiger partial charge in [0, 0.05) is 28.8 Å². The van der Waals surface area contributed by atoms with E-state index in [-0.39, 0.29) is 5.92 Å². The van der Waals surface area contributed by atoms with Crippen LogP contribution in [0.3, 0.4) is 0 Å². The molecule has 0 aliphatic heterocycles. The molecule has 0 fully saturated rings. The highest BCUT2D eigenvalue weighted by molar-refractivity contribution is 5.93. The van der Waals surface area contributed by atoms with Gasteiger partial charge in [0.25, 0.3) is 0 Å². The van der Waals surface area contributed by atoms with Crippen LogP contribution >= 0.6 is 0 Å². The lowest BCUT2D eigenvalue weighted by Crippen LogP contribution is -2.22. The van der Waals surface area contributed by atoms with Crippen molar-refractivity contribution in [3.05, 3.63) is 185 Å². The molecule has 45 heavy (non-hydrogen) atoms. The molecule has 0 bridgehead atoms. The lowest BCUT2D eigenvalue weighted by atomic mass is 9.67. The van der Waals surface area contributed by atoms with Crippen LogP contribution < -0.4 is 0 Å². The number of benzene rings is 4. The quantitative estimate of drug-likeness (QED) is 0.200.